The third-order valence-corrected chi connectivity index (χ3v) is 6.89. The lowest BCUT2D eigenvalue weighted by Gasteiger charge is -2.17. The smallest absolute Gasteiger partial charge is 0.328 e. The molecular formula is C26H24N4O6S. The maximum absolute atomic E-state index is 12.9. The van der Waals surface area contributed by atoms with Gasteiger partial charge >= 0.3 is 5.97 Å². The Balaban J connectivity index is 1.53. The van der Waals surface area contributed by atoms with Crippen LogP contribution in [0.3, 0.4) is 0 Å². The lowest BCUT2D eigenvalue weighted by Crippen LogP contribution is -2.43. The summed E-state index contributed by atoms with van der Waals surface area (Å²) in [4.78, 5) is 46.0. The van der Waals surface area contributed by atoms with Crippen LogP contribution in [0.15, 0.2) is 69.2 Å². The third-order valence-electron chi connectivity index (χ3n) is 5.65. The van der Waals surface area contributed by atoms with Gasteiger partial charge in [-0.15, -0.1) is 0 Å². The van der Waals surface area contributed by atoms with Crippen LogP contribution in [0.25, 0.3) is 10.9 Å². The molecule has 0 unspecified atom stereocenters. The van der Waals surface area contributed by atoms with E-state index in [1.165, 1.54) is 37.1 Å². The van der Waals surface area contributed by atoms with Crippen molar-refractivity contribution < 1.29 is 24.5 Å². The van der Waals surface area contributed by atoms with E-state index >= 15 is 0 Å². The number of anilines is 1. The van der Waals surface area contributed by atoms with Crippen molar-refractivity contribution in [1.29, 1.82) is 0 Å². The summed E-state index contributed by atoms with van der Waals surface area (Å²) in [6, 6.07) is 13.4. The lowest BCUT2D eigenvalue weighted by atomic mass is 10.0. The fraction of sp³-hybridized carbons (Fsp3) is 0.154. The summed E-state index contributed by atoms with van der Waals surface area (Å²) in [5.41, 5.74) is 7.54. The Labute approximate surface area is 215 Å². The molecule has 0 aliphatic heterocycles. The predicted octanol–water partition coefficient (Wildman–Crippen LogP) is 2.89. The average Bonchev–Trinajstić information content (AvgIpc) is 2.87. The summed E-state index contributed by atoms with van der Waals surface area (Å²) in [5.74, 6) is -1.72. The summed E-state index contributed by atoms with van der Waals surface area (Å²) >= 11 is 1.36. The first-order chi connectivity index (χ1) is 17.7. The number of fused-ring (bicyclic) bond motifs is 1. The number of aromatic hydroxyl groups is 2. The van der Waals surface area contributed by atoms with E-state index in [1.807, 2.05) is 13.0 Å². The van der Waals surface area contributed by atoms with Crippen LogP contribution in [-0.2, 0) is 16.0 Å². The van der Waals surface area contributed by atoms with Crippen molar-refractivity contribution in [3.05, 3.63) is 81.6 Å². The number of nitrogens with one attached hydrogen (secondary N) is 2. The van der Waals surface area contributed by atoms with Gasteiger partial charge in [0, 0.05) is 21.8 Å². The fourth-order valence-corrected chi connectivity index (χ4v) is 4.79. The van der Waals surface area contributed by atoms with Crippen molar-refractivity contribution >= 4 is 40.5 Å². The van der Waals surface area contributed by atoms with Crippen LogP contribution in [0.5, 0.6) is 11.5 Å². The van der Waals surface area contributed by atoms with Crippen LogP contribution in [-0.4, -0.2) is 45.2 Å². The minimum atomic E-state index is -1.01. The van der Waals surface area contributed by atoms with Gasteiger partial charge in [-0.05, 0) is 60.5 Å². The fourth-order valence-electron chi connectivity index (χ4n) is 3.76. The first-order valence-corrected chi connectivity index (χ1v) is 11.9. The number of aromatic amines is 1. The van der Waals surface area contributed by atoms with Crippen molar-refractivity contribution in [2.75, 3.05) is 12.8 Å². The van der Waals surface area contributed by atoms with Crippen LogP contribution in [0.1, 0.15) is 21.5 Å². The van der Waals surface area contributed by atoms with Gasteiger partial charge < -0.3 is 26.0 Å². The highest BCUT2D eigenvalue weighted by Crippen LogP contribution is 2.34. The highest BCUT2D eigenvalue weighted by Gasteiger charge is 2.23. The van der Waals surface area contributed by atoms with Crippen LogP contribution < -0.4 is 16.6 Å². The molecular weight excluding hydrogens is 496 g/mol. The van der Waals surface area contributed by atoms with Crippen LogP contribution >= 0.6 is 11.8 Å². The maximum Gasteiger partial charge on any atom is 0.328 e. The molecule has 1 heterocycles. The number of H-pyrrole nitrogens is 1. The Morgan fingerprint density at radius 2 is 1.84 bits per heavy atom. The zero-order valence-electron chi connectivity index (χ0n) is 19.9. The molecule has 6 N–H and O–H groups in total. The Kier molecular flexibility index (Phi) is 7.35. The molecule has 0 aliphatic carbocycles. The molecule has 10 nitrogen and oxygen atoms in total. The average molecular weight is 521 g/mol. The van der Waals surface area contributed by atoms with E-state index in [2.05, 4.69) is 15.3 Å². The van der Waals surface area contributed by atoms with Gasteiger partial charge in [-0.2, -0.15) is 0 Å². The van der Waals surface area contributed by atoms with Gasteiger partial charge in [-0.25, -0.2) is 9.78 Å². The number of carbonyl (C=O) groups excluding carboxylic acids is 2. The minimum Gasteiger partial charge on any atom is -0.504 e. The number of nitrogen functional groups attached to an aromatic ring is 1. The first-order valence-electron chi connectivity index (χ1n) is 11.1. The number of hydrogen-bond acceptors (Lipinski definition) is 9. The van der Waals surface area contributed by atoms with E-state index in [-0.39, 0.29) is 29.4 Å². The summed E-state index contributed by atoms with van der Waals surface area (Å²) < 4.78 is 4.81. The Morgan fingerprint density at radius 1 is 1.11 bits per heavy atom. The SMILES string of the molecule is COC(=O)[C@H](Cc1ccc(O)c(O)c1)NC(=O)c1ccc(Sc2c(C)ccc3nc(N)[nH]c(=O)c23)cc1. The van der Waals surface area contributed by atoms with Crippen molar-refractivity contribution in [3.63, 3.8) is 0 Å². The molecule has 0 aliphatic rings. The van der Waals surface area contributed by atoms with Crippen LogP contribution in [0.2, 0.25) is 0 Å². The summed E-state index contributed by atoms with van der Waals surface area (Å²) in [7, 11) is 1.21. The zero-order chi connectivity index (χ0) is 26.7. The number of aryl methyl sites for hydroxylation is 1. The number of aromatic nitrogens is 2. The summed E-state index contributed by atoms with van der Waals surface area (Å²) in [6.07, 6.45) is 0.0492. The predicted molar refractivity (Wildman–Crippen MR) is 139 cm³/mol. The van der Waals surface area contributed by atoms with Gasteiger partial charge in [0.05, 0.1) is 18.0 Å². The van der Waals surface area contributed by atoms with Crippen molar-refractivity contribution in [1.82, 2.24) is 15.3 Å². The molecule has 0 fully saturated rings. The van der Waals surface area contributed by atoms with Crippen molar-refractivity contribution in [2.45, 2.75) is 29.2 Å². The zero-order valence-corrected chi connectivity index (χ0v) is 20.8. The second-order valence-electron chi connectivity index (χ2n) is 8.26. The molecule has 0 radical (unpaired) electrons. The van der Waals surface area contributed by atoms with Crippen LogP contribution in [0, 0.1) is 6.92 Å². The molecule has 0 spiro atoms. The Bertz CT molecular complexity index is 1550. The largest absolute Gasteiger partial charge is 0.504 e. The van der Waals surface area contributed by atoms with Gasteiger partial charge in [0.1, 0.15) is 6.04 Å². The van der Waals surface area contributed by atoms with Gasteiger partial charge in [-0.3, -0.25) is 14.6 Å². The number of ether oxygens (including phenoxy) is 1. The minimum absolute atomic E-state index is 0.0418. The third kappa shape index (κ3) is 5.67. The second kappa shape index (κ2) is 10.6. The topological polar surface area (TPSA) is 168 Å². The number of nitrogens with zero attached hydrogens (tertiary/aromatic N) is 1. The number of esters is 1. The number of phenolic OH excluding ortho intramolecular Hbond substituents is 2. The standard InChI is InChI=1S/C26H24N4O6S/c1-13-3-9-17-21(24(34)30-26(27)29-17)22(13)37-16-7-5-15(6-8-16)23(33)28-18(25(35)36-2)11-14-4-10-19(31)20(32)12-14/h3-10,12,18,31-32H,11H2,1-2H3,(H,28,33)(H3,27,29,30,34)/t18-/m0/s1. The quantitative estimate of drug-likeness (QED) is 0.182. The number of hydrogen-bond donors (Lipinski definition) is 5. The van der Waals surface area contributed by atoms with E-state index in [0.717, 1.165) is 15.4 Å². The second-order valence-corrected chi connectivity index (χ2v) is 9.34. The molecule has 190 valence electrons. The van der Waals surface area contributed by atoms with Crippen molar-refractivity contribution in [3.8, 4) is 11.5 Å². The molecule has 1 aromatic heterocycles. The molecule has 4 aromatic rings. The molecule has 1 amide bonds. The summed E-state index contributed by atoms with van der Waals surface area (Å²) in [5, 5.41) is 22.3. The van der Waals surface area contributed by atoms with E-state index in [0.29, 0.717) is 22.0 Å². The number of methoxy groups -OCH3 is 1. The first kappa shape index (κ1) is 25.6. The van der Waals surface area contributed by atoms with E-state index in [4.69, 9.17) is 10.5 Å². The molecule has 0 saturated heterocycles. The van der Waals surface area contributed by atoms with Gasteiger partial charge in [-0.1, -0.05) is 23.9 Å². The number of amides is 1. The number of phenols is 2. The van der Waals surface area contributed by atoms with E-state index in [1.54, 1.807) is 30.3 Å². The molecule has 1 atom stereocenters. The molecule has 0 saturated carbocycles. The van der Waals surface area contributed by atoms with E-state index < -0.39 is 17.9 Å². The molecule has 11 heteroatoms. The van der Waals surface area contributed by atoms with Gasteiger partial charge in [0.25, 0.3) is 11.5 Å². The van der Waals surface area contributed by atoms with Crippen molar-refractivity contribution in [2.24, 2.45) is 0 Å². The monoisotopic (exact) mass is 520 g/mol. The highest BCUT2D eigenvalue weighted by molar-refractivity contribution is 7.99. The van der Waals surface area contributed by atoms with E-state index in [9.17, 15) is 24.6 Å². The molecule has 0 bridgehead atoms. The number of benzene rings is 3. The summed E-state index contributed by atoms with van der Waals surface area (Å²) in [6.45, 7) is 1.89. The number of carbonyl (C=O) groups is 2. The Morgan fingerprint density at radius 3 is 2.51 bits per heavy atom. The number of nitrogens with two attached hydrogens (primary N) is 1. The molecule has 3 aromatic carbocycles. The number of rotatable bonds is 7. The Hall–Kier alpha value is -4.51. The maximum atomic E-state index is 12.9. The lowest BCUT2D eigenvalue weighted by molar-refractivity contribution is -0.142. The van der Waals surface area contributed by atoms with Gasteiger partial charge in [0.2, 0.25) is 5.95 Å². The normalized spacial score (nSPS) is 11.7. The van der Waals surface area contributed by atoms with Crippen LogP contribution in [0.4, 0.5) is 5.95 Å². The van der Waals surface area contributed by atoms with Gasteiger partial charge in [0.15, 0.2) is 11.5 Å². The molecule has 37 heavy (non-hydrogen) atoms. The highest BCUT2D eigenvalue weighted by atomic mass is 32.2. The molecule has 4 rings (SSSR count).